The molecule has 2 aromatic heterocycles. The van der Waals surface area contributed by atoms with Crippen LogP contribution in [0.25, 0.3) is 11.3 Å². The van der Waals surface area contributed by atoms with Gasteiger partial charge < -0.3 is 5.32 Å². The number of anilines is 1. The lowest BCUT2D eigenvalue weighted by Crippen LogP contribution is -2.15. The van der Waals surface area contributed by atoms with Crippen molar-refractivity contribution in [1.29, 1.82) is 0 Å². The fourth-order valence-electron chi connectivity index (χ4n) is 3.36. The molecule has 1 aliphatic heterocycles. The second kappa shape index (κ2) is 7.37. The Morgan fingerprint density at radius 1 is 0.967 bits per heavy atom. The van der Waals surface area contributed by atoms with Crippen molar-refractivity contribution in [1.82, 2.24) is 9.97 Å². The van der Waals surface area contributed by atoms with Crippen molar-refractivity contribution in [3.05, 3.63) is 71.2 Å². The Kier molecular flexibility index (Phi) is 4.85. The Bertz CT molecular complexity index is 1190. The van der Waals surface area contributed by atoms with E-state index < -0.39 is 17.6 Å². The maximum absolute atomic E-state index is 13.2. The van der Waals surface area contributed by atoms with Crippen molar-refractivity contribution in [3.8, 4) is 11.3 Å². The van der Waals surface area contributed by atoms with Crippen molar-refractivity contribution < 1.29 is 18.0 Å². The Balaban J connectivity index is 1.80. The molecule has 0 atom stereocenters. The summed E-state index contributed by atoms with van der Waals surface area (Å²) in [5, 5.41) is 2.54. The standard InChI is InChI=1S/C22H17F3N4O/c1-12-7-19-20(10-16(12)22(23,24)25)29-21(30)11-18(28-19)15-4-6-27-17(9-15)14-3-5-26-13(2)8-14/h3-10H,11H2,1-2H3,(H,29,30). The fraction of sp³-hybridized carbons (Fsp3) is 0.182. The second-order valence-electron chi connectivity index (χ2n) is 7.08. The SMILES string of the molecule is Cc1cc(-c2cc(C3=Nc4cc(C)c(C(F)(F)F)cc4NC(=O)C3)ccn2)ccn1. The highest BCUT2D eigenvalue weighted by Gasteiger charge is 2.34. The number of hydrogen-bond acceptors (Lipinski definition) is 4. The first-order valence-electron chi connectivity index (χ1n) is 9.19. The molecule has 5 nitrogen and oxygen atoms in total. The molecule has 0 bridgehead atoms. The molecule has 1 aliphatic rings. The zero-order valence-corrected chi connectivity index (χ0v) is 16.2. The molecule has 8 heteroatoms. The van der Waals surface area contributed by atoms with E-state index in [0.29, 0.717) is 22.7 Å². The van der Waals surface area contributed by atoms with Crippen LogP contribution in [0.5, 0.6) is 0 Å². The number of carbonyl (C=O) groups is 1. The largest absolute Gasteiger partial charge is 0.416 e. The Labute approximate surface area is 170 Å². The van der Waals surface area contributed by atoms with Crippen LogP contribution in [0.1, 0.15) is 28.8 Å². The van der Waals surface area contributed by atoms with Gasteiger partial charge in [-0.1, -0.05) is 0 Å². The molecule has 1 amide bonds. The van der Waals surface area contributed by atoms with Gasteiger partial charge in [0.15, 0.2) is 0 Å². The van der Waals surface area contributed by atoms with E-state index in [2.05, 4.69) is 20.3 Å². The van der Waals surface area contributed by atoms with Crippen LogP contribution >= 0.6 is 0 Å². The van der Waals surface area contributed by atoms with E-state index in [9.17, 15) is 18.0 Å². The normalized spacial score (nSPS) is 13.9. The summed E-state index contributed by atoms with van der Waals surface area (Å²) >= 11 is 0. The molecule has 0 spiro atoms. The summed E-state index contributed by atoms with van der Waals surface area (Å²) in [6.45, 7) is 3.25. The molecule has 152 valence electrons. The molecular formula is C22H17F3N4O. The molecule has 0 unspecified atom stereocenters. The van der Waals surface area contributed by atoms with Gasteiger partial charge in [-0.05, 0) is 55.8 Å². The van der Waals surface area contributed by atoms with Gasteiger partial charge in [-0.25, -0.2) is 0 Å². The van der Waals surface area contributed by atoms with Gasteiger partial charge in [-0.3, -0.25) is 19.8 Å². The van der Waals surface area contributed by atoms with E-state index in [1.54, 1.807) is 18.5 Å². The highest BCUT2D eigenvalue weighted by atomic mass is 19.4. The van der Waals surface area contributed by atoms with Crippen molar-refractivity contribution in [2.45, 2.75) is 26.4 Å². The van der Waals surface area contributed by atoms with Crippen molar-refractivity contribution >= 4 is 23.0 Å². The second-order valence-corrected chi connectivity index (χ2v) is 7.08. The molecule has 3 aromatic rings. The first-order valence-corrected chi connectivity index (χ1v) is 9.19. The number of alkyl halides is 3. The predicted octanol–water partition coefficient (Wildman–Crippen LogP) is 5.24. The monoisotopic (exact) mass is 410 g/mol. The van der Waals surface area contributed by atoms with E-state index in [0.717, 1.165) is 17.3 Å². The summed E-state index contributed by atoms with van der Waals surface area (Å²) in [7, 11) is 0. The van der Waals surface area contributed by atoms with Crippen molar-refractivity contribution in [2.24, 2.45) is 4.99 Å². The minimum Gasteiger partial charge on any atom is -0.324 e. The summed E-state index contributed by atoms with van der Waals surface area (Å²) in [6.07, 6.45) is -1.27. The number of nitrogens with zero attached hydrogens (tertiary/aromatic N) is 3. The van der Waals surface area contributed by atoms with Crippen molar-refractivity contribution in [3.63, 3.8) is 0 Å². The zero-order valence-electron chi connectivity index (χ0n) is 16.2. The van der Waals surface area contributed by atoms with Crippen LogP contribution in [-0.2, 0) is 11.0 Å². The number of benzene rings is 1. The number of hydrogen-bond donors (Lipinski definition) is 1. The molecule has 4 rings (SSSR count). The molecular weight excluding hydrogens is 393 g/mol. The highest BCUT2D eigenvalue weighted by Crippen LogP contribution is 2.39. The number of pyridine rings is 2. The Hall–Kier alpha value is -3.55. The number of aliphatic imine (C=N–C) groups is 1. The smallest absolute Gasteiger partial charge is 0.324 e. The summed E-state index contributed by atoms with van der Waals surface area (Å²) in [5.74, 6) is -0.428. The quantitative estimate of drug-likeness (QED) is 0.628. The highest BCUT2D eigenvalue weighted by molar-refractivity contribution is 6.17. The van der Waals surface area contributed by atoms with Gasteiger partial charge in [-0.15, -0.1) is 0 Å². The number of carbonyl (C=O) groups excluding carboxylic acids is 1. The summed E-state index contributed by atoms with van der Waals surface area (Å²) in [6, 6.07) is 9.54. The van der Waals surface area contributed by atoms with Gasteiger partial charge in [0.25, 0.3) is 0 Å². The van der Waals surface area contributed by atoms with Crippen LogP contribution in [0.2, 0.25) is 0 Å². The molecule has 3 heterocycles. The van der Waals surface area contributed by atoms with Gasteiger partial charge in [0, 0.05) is 29.2 Å². The van der Waals surface area contributed by atoms with Crippen LogP contribution in [0.3, 0.4) is 0 Å². The van der Waals surface area contributed by atoms with E-state index in [1.165, 1.54) is 13.0 Å². The van der Waals surface area contributed by atoms with Gasteiger partial charge >= 0.3 is 6.18 Å². The third-order valence-electron chi connectivity index (χ3n) is 4.79. The third kappa shape index (κ3) is 3.94. The summed E-state index contributed by atoms with van der Waals surface area (Å²) in [4.78, 5) is 25.4. The summed E-state index contributed by atoms with van der Waals surface area (Å²) in [5.41, 5.74) is 3.13. The van der Waals surface area contributed by atoms with E-state index in [1.807, 2.05) is 25.1 Å². The lowest BCUT2D eigenvalue weighted by atomic mass is 10.0. The Morgan fingerprint density at radius 2 is 1.70 bits per heavy atom. The fourth-order valence-corrected chi connectivity index (χ4v) is 3.36. The zero-order chi connectivity index (χ0) is 21.5. The number of nitrogens with one attached hydrogen (secondary N) is 1. The number of aryl methyl sites for hydroxylation is 2. The lowest BCUT2D eigenvalue weighted by Gasteiger charge is -2.13. The van der Waals surface area contributed by atoms with Gasteiger partial charge in [0.1, 0.15) is 0 Å². The van der Waals surface area contributed by atoms with Crippen LogP contribution in [-0.4, -0.2) is 21.6 Å². The van der Waals surface area contributed by atoms with Gasteiger partial charge in [0.05, 0.1) is 34.8 Å². The first kappa shape index (κ1) is 19.8. The summed E-state index contributed by atoms with van der Waals surface area (Å²) < 4.78 is 39.7. The van der Waals surface area contributed by atoms with Crippen LogP contribution in [0.4, 0.5) is 24.5 Å². The topological polar surface area (TPSA) is 67.2 Å². The molecule has 0 saturated carbocycles. The maximum Gasteiger partial charge on any atom is 0.416 e. The number of halogens is 3. The number of aromatic nitrogens is 2. The van der Waals surface area contributed by atoms with Gasteiger partial charge in [0.2, 0.25) is 5.91 Å². The van der Waals surface area contributed by atoms with E-state index in [4.69, 9.17) is 0 Å². The Morgan fingerprint density at radius 3 is 2.43 bits per heavy atom. The number of amides is 1. The lowest BCUT2D eigenvalue weighted by molar-refractivity contribution is -0.138. The molecule has 1 N–H and O–H groups in total. The number of rotatable bonds is 2. The molecule has 0 aliphatic carbocycles. The molecule has 0 radical (unpaired) electrons. The third-order valence-corrected chi connectivity index (χ3v) is 4.79. The predicted molar refractivity (Wildman–Crippen MR) is 108 cm³/mol. The maximum atomic E-state index is 13.2. The average Bonchev–Trinajstić information content (AvgIpc) is 2.84. The van der Waals surface area contributed by atoms with Crippen LogP contribution in [0, 0.1) is 13.8 Å². The molecule has 1 aromatic carbocycles. The minimum atomic E-state index is -4.51. The van der Waals surface area contributed by atoms with Crippen molar-refractivity contribution in [2.75, 3.05) is 5.32 Å². The first-order chi connectivity index (χ1) is 14.2. The molecule has 0 fully saturated rings. The van der Waals surface area contributed by atoms with E-state index >= 15 is 0 Å². The number of fused-ring (bicyclic) bond motifs is 1. The van der Waals surface area contributed by atoms with Gasteiger partial charge in [-0.2, -0.15) is 13.2 Å². The average molecular weight is 410 g/mol. The van der Waals surface area contributed by atoms with Crippen LogP contribution < -0.4 is 5.32 Å². The molecule has 30 heavy (non-hydrogen) atoms. The van der Waals surface area contributed by atoms with Crippen LogP contribution in [0.15, 0.2) is 53.8 Å². The molecule has 0 saturated heterocycles. The van der Waals surface area contributed by atoms with E-state index in [-0.39, 0.29) is 17.7 Å². The minimum absolute atomic E-state index is 0.0446.